The van der Waals surface area contributed by atoms with Crippen LogP contribution < -0.4 is 4.74 Å². The van der Waals surface area contributed by atoms with Gasteiger partial charge in [0, 0.05) is 12.4 Å². The van der Waals surface area contributed by atoms with Crippen LogP contribution >= 0.6 is 23.1 Å². The highest BCUT2D eigenvalue weighted by Gasteiger charge is 2.08. The van der Waals surface area contributed by atoms with Crippen LogP contribution in [0.5, 0.6) is 6.01 Å². The second-order valence-corrected chi connectivity index (χ2v) is 7.35. The van der Waals surface area contributed by atoms with E-state index in [0.29, 0.717) is 0 Å². The van der Waals surface area contributed by atoms with Crippen molar-refractivity contribution in [1.82, 2.24) is 9.97 Å². The maximum absolute atomic E-state index is 11.3. The molecule has 0 aliphatic rings. The third-order valence-corrected chi connectivity index (χ3v) is 2.26. The van der Waals surface area contributed by atoms with E-state index in [2.05, 4.69) is 25.9 Å². The van der Waals surface area contributed by atoms with Gasteiger partial charge in [-0.05, 0) is 29.3 Å². The molecule has 1 rings (SSSR count). The summed E-state index contributed by atoms with van der Waals surface area (Å²) < 4.78 is 17.2. The van der Waals surface area contributed by atoms with Gasteiger partial charge < -0.3 is 9.30 Å². The monoisotopic (exact) mass is 264 g/mol. The fraction of sp³-hybridized carbons (Fsp3) is 0.429. The first-order chi connectivity index (χ1) is 5.97. The Morgan fingerprint density at radius 2 is 2.00 bits per heavy atom. The molecule has 0 saturated carbocycles. The molecule has 0 fully saturated rings. The zero-order valence-electron chi connectivity index (χ0n) is 7.40. The molecule has 13 heavy (non-hydrogen) atoms. The molecule has 0 aromatic carbocycles. The Labute approximate surface area is 85.2 Å². The second kappa shape index (κ2) is 4.20. The minimum absolute atomic E-state index is 0.175. The van der Waals surface area contributed by atoms with Crippen molar-refractivity contribution in [3.05, 3.63) is 16.9 Å². The van der Waals surface area contributed by atoms with Crippen molar-refractivity contribution in [1.29, 1.82) is 0 Å². The lowest BCUT2D eigenvalue weighted by Crippen LogP contribution is -2.00. The molecular formula is C7H10BrN2O2P. The van der Waals surface area contributed by atoms with E-state index in [9.17, 15) is 4.57 Å². The number of aromatic nitrogens is 2. The lowest BCUT2D eigenvalue weighted by atomic mass is 10.7. The van der Waals surface area contributed by atoms with Crippen LogP contribution in [0.4, 0.5) is 0 Å². The van der Waals surface area contributed by atoms with Gasteiger partial charge in [-0.1, -0.05) is 0 Å². The number of hydrogen-bond acceptors (Lipinski definition) is 4. The number of nitrogens with zero attached hydrogens (tertiary/aromatic N) is 2. The minimum Gasteiger partial charge on any atom is -0.456 e. The highest BCUT2D eigenvalue weighted by molar-refractivity contribution is 9.10. The summed E-state index contributed by atoms with van der Waals surface area (Å²) in [5.74, 6) is 0. The predicted molar refractivity (Wildman–Crippen MR) is 54.7 cm³/mol. The Balaban J connectivity index is 2.56. The maximum atomic E-state index is 11.3. The van der Waals surface area contributed by atoms with Gasteiger partial charge in [-0.15, -0.1) is 0 Å². The Bertz CT molecular complexity index is 322. The molecule has 0 N–H and O–H groups in total. The highest BCUT2D eigenvalue weighted by Crippen LogP contribution is 2.35. The Hall–Kier alpha value is -0.410. The first-order valence-electron chi connectivity index (χ1n) is 3.62. The van der Waals surface area contributed by atoms with Gasteiger partial charge in [-0.25, -0.2) is 9.97 Å². The smallest absolute Gasteiger partial charge is 0.316 e. The molecule has 0 unspecified atom stereocenters. The molecule has 1 aromatic rings. The predicted octanol–water partition coefficient (Wildman–Crippen LogP) is 2.20. The van der Waals surface area contributed by atoms with E-state index >= 15 is 0 Å². The van der Waals surface area contributed by atoms with Crippen molar-refractivity contribution in [3.63, 3.8) is 0 Å². The molecule has 0 aliphatic carbocycles. The molecule has 72 valence electrons. The van der Waals surface area contributed by atoms with Crippen molar-refractivity contribution in [2.75, 3.05) is 19.7 Å². The quantitative estimate of drug-likeness (QED) is 0.786. The van der Waals surface area contributed by atoms with Crippen LogP contribution in [-0.4, -0.2) is 29.6 Å². The van der Waals surface area contributed by atoms with Gasteiger partial charge in [0.1, 0.15) is 13.5 Å². The molecule has 0 bridgehead atoms. The van der Waals surface area contributed by atoms with Crippen LogP contribution in [0.15, 0.2) is 16.9 Å². The van der Waals surface area contributed by atoms with Crippen molar-refractivity contribution in [2.24, 2.45) is 0 Å². The molecule has 1 aromatic heterocycles. The van der Waals surface area contributed by atoms with Gasteiger partial charge in [0.2, 0.25) is 0 Å². The molecule has 1 heterocycles. The van der Waals surface area contributed by atoms with E-state index in [4.69, 9.17) is 4.74 Å². The summed E-state index contributed by atoms with van der Waals surface area (Å²) in [6.07, 6.45) is 3.34. The fourth-order valence-corrected chi connectivity index (χ4v) is 1.22. The summed E-state index contributed by atoms with van der Waals surface area (Å²) in [4.78, 5) is 7.76. The molecule has 4 nitrogen and oxygen atoms in total. The third kappa shape index (κ3) is 4.39. The van der Waals surface area contributed by atoms with E-state index in [0.717, 1.165) is 4.47 Å². The molecule has 0 spiro atoms. The van der Waals surface area contributed by atoms with Crippen LogP contribution in [0, 0.1) is 0 Å². The lowest BCUT2D eigenvalue weighted by Gasteiger charge is -2.06. The summed E-state index contributed by atoms with van der Waals surface area (Å²) in [5.41, 5.74) is 0. The van der Waals surface area contributed by atoms with Crippen molar-refractivity contribution < 1.29 is 9.30 Å². The average molecular weight is 265 g/mol. The Morgan fingerprint density at radius 3 is 2.46 bits per heavy atom. The van der Waals surface area contributed by atoms with Gasteiger partial charge in [-0.3, -0.25) is 0 Å². The number of hydrogen-bond donors (Lipinski definition) is 0. The first kappa shape index (κ1) is 10.7. The summed E-state index contributed by atoms with van der Waals surface area (Å²) in [6.45, 7) is 3.32. The SMILES string of the molecule is CP(C)(=O)COc1ncc(Br)cn1. The molecule has 0 atom stereocenters. The Morgan fingerprint density at radius 1 is 1.46 bits per heavy atom. The number of rotatable bonds is 3. The van der Waals surface area contributed by atoms with Gasteiger partial charge in [0.25, 0.3) is 0 Å². The zero-order valence-corrected chi connectivity index (χ0v) is 9.88. The zero-order chi connectivity index (χ0) is 9.90. The van der Waals surface area contributed by atoms with Gasteiger partial charge >= 0.3 is 6.01 Å². The van der Waals surface area contributed by atoms with Crippen LogP contribution in [0.25, 0.3) is 0 Å². The highest BCUT2D eigenvalue weighted by atomic mass is 79.9. The molecule has 0 amide bonds. The van der Waals surface area contributed by atoms with Gasteiger partial charge in [-0.2, -0.15) is 0 Å². The summed E-state index contributed by atoms with van der Waals surface area (Å²) >= 11 is 3.20. The van der Waals surface area contributed by atoms with Crippen molar-refractivity contribution in [2.45, 2.75) is 0 Å². The normalized spacial score (nSPS) is 11.3. The lowest BCUT2D eigenvalue weighted by molar-refractivity contribution is 0.347. The maximum Gasteiger partial charge on any atom is 0.316 e. The van der Waals surface area contributed by atoms with Crippen LogP contribution in [0.3, 0.4) is 0 Å². The van der Waals surface area contributed by atoms with Crippen molar-refractivity contribution >= 4 is 23.1 Å². The number of ether oxygens (including phenoxy) is 1. The van der Waals surface area contributed by atoms with Crippen molar-refractivity contribution in [3.8, 4) is 6.01 Å². The summed E-state index contributed by atoms with van der Waals surface area (Å²) in [5, 5.41) is 0. The van der Waals surface area contributed by atoms with E-state index in [1.165, 1.54) is 0 Å². The van der Waals surface area contributed by atoms with Gasteiger partial charge in [0.05, 0.1) is 4.47 Å². The van der Waals surface area contributed by atoms with E-state index in [1.54, 1.807) is 25.7 Å². The van der Waals surface area contributed by atoms with E-state index < -0.39 is 7.14 Å². The fourth-order valence-electron chi connectivity index (χ4n) is 0.588. The molecule has 0 aliphatic heterocycles. The van der Waals surface area contributed by atoms with Crippen LogP contribution in [0.2, 0.25) is 0 Å². The van der Waals surface area contributed by atoms with E-state index in [1.807, 2.05) is 0 Å². The molecule has 0 saturated heterocycles. The van der Waals surface area contributed by atoms with Crippen LogP contribution in [-0.2, 0) is 4.57 Å². The second-order valence-electron chi connectivity index (χ2n) is 3.03. The molecular weight excluding hydrogens is 255 g/mol. The van der Waals surface area contributed by atoms with Gasteiger partial charge in [0.15, 0.2) is 0 Å². The average Bonchev–Trinajstić information content (AvgIpc) is 2.02. The first-order valence-corrected chi connectivity index (χ1v) is 7.20. The molecule has 0 radical (unpaired) electrons. The summed E-state index contributed by atoms with van der Waals surface area (Å²) in [6, 6.07) is 0.257. The topological polar surface area (TPSA) is 52.1 Å². The third-order valence-electron chi connectivity index (χ3n) is 1.10. The standard InChI is InChI=1S/C7H10BrN2O2P/c1-13(2,11)5-12-7-9-3-6(8)4-10-7/h3-4H,5H2,1-2H3. The van der Waals surface area contributed by atoms with E-state index in [-0.39, 0.29) is 12.4 Å². The summed E-state index contributed by atoms with van der Waals surface area (Å²) in [7, 11) is -2.16. The van der Waals surface area contributed by atoms with Crippen LogP contribution in [0.1, 0.15) is 0 Å². The molecule has 6 heteroatoms. The minimum atomic E-state index is -2.16. The number of halogens is 1. The largest absolute Gasteiger partial charge is 0.456 e. The Kier molecular flexibility index (Phi) is 3.45.